The Hall–Kier alpha value is -0.110. The first-order valence-corrected chi connectivity index (χ1v) is 7.68. The van der Waals surface area contributed by atoms with Gasteiger partial charge in [0.1, 0.15) is 0 Å². The van der Waals surface area contributed by atoms with Crippen molar-refractivity contribution < 1.29 is 14.3 Å². The third-order valence-electron chi connectivity index (χ3n) is 4.00. The number of hydrogen-bond acceptors (Lipinski definition) is 5. The Morgan fingerprint density at radius 2 is 1.87 bits per heavy atom. The summed E-state index contributed by atoms with van der Waals surface area (Å²) in [5, 5.41) is 2.99. The van der Waals surface area contributed by atoms with Crippen molar-refractivity contribution >= 4 is 30.7 Å². The van der Waals surface area contributed by atoms with Crippen LogP contribution in [0.4, 0.5) is 0 Å². The number of halogens is 2. The average Bonchev–Trinajstić information content (AvgIpc) is 2.41. The molecule has 0 bridgehead atoms. The zero-order valence-corrected chi connectivity index (χ0v) is 16.5. The second-order valence-corrected chi connectivity index (χ2v) is 6.55. The van der Waals surface area contributed by atoms with Gasteiger partial charge in [-0.1, -0.05) is 0 Å². The molecule has 1 saturated heterocycles. The molecule has 3 unspecified atom stereocenters. The Morgan fingerprint density at radius 3 is 2.30 bits per heavy atom. The van der Waals surface area contributed by atoms with Crippen LogP contribution in [0.3, 0.4) is 0 Å². The summed E-state index contributed by atoms with van der Waals surface area (Å²) in [6, 6.07) is 0. The van der Waals surface area contributed by atoms with Crippen LogP contribution in [0, 0.1) is 0 Å². The van der Waals surface area contributed by atoms with E-state index in [1.54, 1.807) is 7.11 Å². The van der Waals surface area contributed by atoms with E-state index in [0.29, 0.717) is 19.5 Å². The molecule has 1 amide bonds. The number of ether oxygens (including phenoxy) is 2. The molecule has 0 aromatic rings. The first-order valence-electron chi connectivity index (χ1n) is 7.68. The zero-order chi connectivity index (χ0) is 16.0. The van der Waals surface area contributed by atoms with Gasteiger partial charge in [0.2, 0.25) is 5.91 Å². The summed E-state index contributed by atoms with van der Waals surface area (Å²) in [7, 11) is 1.57. The monoisotopic (exact) mass is 373 g/mol. The Labute approximate surface area is 152 Å². The predicted molar refractivity (Wildman–Crippen MR) is 97.6 cm³/mol. The van der Waals surface area contributed by atoms with E-state index in [4.69, 9.17) is 15.2 Å². The van der Waals surface area contributed by atoms with Crippen LogP contribution in [-0.2, 0) is 14.3 Å². The van der Waals surface area contributed by atoms with Crippen molar-refractivity contribution in [2.24, 2.45) is 5.73 Å². The summed E-state index contributed by atoms with van der Waals surface area (Å²) >= 11 is 0. The van der Waals surface area contributed by atoms with Crippen molar-refractivity contribution in [3.05, 3.63) is 0 Å². The molecule has 6 nitrogen and oxygen atoms in total. The molecule has 0 aromatic heterocycles. The summed E-state index contributed by atoms with van der Waals surface area (Å²) in [6.07, 6.45) is 0.535. The number of hydrogen-bond donors (Lipinski definition) is 2. The third kappa shape index (κ3) is 8.52. The van der Waals surface area contributed by atoms with Crippen LogP contribution in [0.5, 0.6) is 0 Å². The van der Waals surface area contributed by atoms with E-state index in [-0.39, 0.29) is 54.6 Å². The molecule has 0 aromatic carbocycles. The van der Waals surface area contributed by atoms with Crippen LogP contribution in [0.1, 0.15) is 34.1 Å². The van der Waals surface area contributed by atoms with Crippen molar-refractivity contribution in [2.45, 2.75) is 58.0 Å². The smallest absolute Gasteiger partial charge is 0.222 e. The number of nitrogens with two attached hydrogens (primary N) is 1. The van der Waals surface area contributed by atoms with Crippen molar-refractivity contribution in [3.8, 4) is 0 Å². The van der Waals surface area contributed by atoms with Crippen LogP contribution in [0.15, 0.2) is 0 Å². The van der Waals surface area contributed by atoms with E-state index in [2.05, 4.69) is 37.9 Å². The quantitative estimate of drug-likeness (QED) is 0.700. The molecule has 140 valence electrons. The normalized spacial score (nSPS) is 23.4. The molecule has 0 saturated carbocycles. The largest absolute Gasteiger partial charge is 0.380 e. The van der Waals surface area contributed by atoms with E-state index in [9.17, 15) is 4.79 Å². The topological polar surface area (TPSA) is 76.8 Å². The number of carbonyl (C=O) groups is 1. The fourth-order valence-electron chi connectivity index (χ4n) is 2.64. The molecule has 1 aliphatic rings. The SMILES string of the molecule is COC(CN)CC(=O)NCC(C)(C)N1CC(C)OC(C)C1.Cl.Cl. The molecule has 1 heterocycles. The predicted octanol–water partition coefficient (Wildman–Crippen LogP) is 1.20. The number of amides is 1. The lowest BCUT2D eigenvalue weighted by Gasteiger charge is -2.45. The van der Waals surface area contributed by atoms with Gasteiger partial charge in [-0.15, -0.1) is 24.8 Å². The highest BCUT2D eigenvalue weighted by atomic mass is 35.5. The van der Waals surface area contributed by atoms with Gasteiger partial charge in [-0.3, -0.25) is 9.69 Å². The Balaban J connectivity index is 0. The lowest BCUT2D eigenvalue weighted by atomic mass is 10.00. The fraction of sp³-hybridized carbons (Fsp3) is 0.933. The highest BCUT2D eigenvalue weighted by molar-refractivity contribution is 5.85. The fourth-order valence-corrected chi connectivity index (χ4v) is 2.64. The number of carbonyl (C=O) groups excluding carboxylic acids is 1. The number of morpholine rings is 1. The molecule has 1 fully saturated rings. The minimum Gasteiger partial charge on any atom is -0.380 e. The minimum absolute atomic E-state index is 0. The van der Waals surface area contributed by atoms with Crippen LogP contribution in [0.2, 0.25) is 0 Å². The third-order valence-corrected chi connectivity index (χ3v) is 4.00. The molecule has 3 N–H and O–H groups in total. The molecular formula is C15H33Cl2N3O3. The van der Waals surface area contributed by atoms with Gasteiger partial charge in [-0.05, 0) is 27.7 Å². The van der Waals surface area contributed by atoms with Gasteiger partial charge < -0.3 is 20.5 Å². The lowest BCUT2D eigenvalue weighted by molar-refractivity contribution is -0.125. The van der Waals surface area contributed by atoms with Gasteiger partial charge in [0.25, 0.3) is 0 Å². The first-order chi connectivity index (χ1) is 9.78. The van der Waals surface area contributed by atoms with E-state index in [0.717, 1.165) is 13.1 Å². The van der Waals surface area contributed by atoms with Gasteiger partial charge >= 0.3 is 0 Å². The second kappa shape index (κ2) is 11.4. The summed E-state index contributed by atoms with van der Waals surface area (Å²) in [5.74, 6) is -0.0188. The summed E-state index contributed by atoms with van der Waals surface area (Å²) in [5.41, 5.74) is 5.43. The van der Waals surface area contributed by atoms with Gasteiger partial charge in [-0.2, -0.15) is 0 Å². The molecule has 0 aliphatic carbocycles. The van der Waals surface area contributed by atoms with Gasteiger partial charge in [0.05, 0.1) is 24.7 Å². The molecule has 23 heavy (non-hydrogen) atoms. The van der Waals surface area contributed by atoms with Gasteiger partial charge in [0, 0.05) is 38.8 Å². The lowest BCUT2D eigenvalue weighted by Crippen LogP contribution is -2.58. The molecular weight excluding hydrogens is 341 g/mol. The van der Waals surface area contributed by atoms with Crippen LogP contribution in [0.25, 0.3) is 0 Å². The van der Waals surface area contributed by atoms with Crippen molar-refractivity contribution in [2.75, 3.05) is 33.3 Å². The molecule has 1 rings (SSSR count). The molecule has 0 spiro atoms. The van der Waals surface area contributed by atoms with E-state index >= 15 is 0 Å². The van der Waals surface area contributed by atoms with Crippen molar-refractivity contribution in [1.82, 2.24) is 10.2 Å². The zero-order valence-electron chi connectivity index (χ0n) is 14.8. The van der Waals surface area contributed by atoms with Crippen LogP contribution < -0.4 is 11.1 Å². The Bertz CT molecular complexity index is 332. The Kier molecular flexibility index (Phi) is 12.5. The van der Waals surface area contributed by atoms with Crippen molar-refractivity contribution in [3.63, 3.8) is 0 Å². The number of nitrogens with zero attached hydrogens (tertiary/aromatic N) is 1. The van der Waals surface area contributed by atoms with Crippen LogP contribution in [-0.4, -0.2) is 67.9 Å². The standard InChI is InChI=1S/C15H31N3O3.2ClH/c1-11-8-18(9-12(2)21-11)15(3,4)10-17-14(19)6-13(7-16)20-5;;/h11-13H,6-10,16H2,1-5H3,(H,17,19);2*1H. The van der Waals surface area contributed by atoms with E-state index in [1.165, 1.54) is 0 Å². The second-order valence-electron chi connectivity index (χ2n) is 6.55. The maximum atomic E-state index is 11.9. The minimum atomic E-state index is -0.212. The highest BCUT2D eigenvalue weighted by Crippen LogP contribution is 2.20. The van der Waals surface area contributed by atoms with E-state index in [1.807, 2.05) is 0 Å². The molecule has 3 atom stereocenters. The summed E-state index contributed by atoms with van der Waals surface area (Å²) in [4.78, 5) is 14.3. The molecule has 1 aliphatic heterocycles. The highest BCUT2D eigenvalue weighted by Gasteiger charge is 2.33. The van der Waals surface area contributed by atoms with Gasteiger partial charge in [0.15, 0.2) is 0 Å². The van der Waals surface area contributed by atoms with E-state index < -0.39 is 0 Å². The number of nitrogens with one attached hydrogen (secondary N) is 1. The number of rotatable bonds is 7. The van der Waals surface area contributed by atoms with Crippen molar-refractivity contribution in [1.29, 1.82) is 0 Å². The molecule has 8 heteroatoms. The maximum Gasteiger partial charge on any atom is 0.222 e. The first kappa shape index (κ1) is 25.1. The van der Waals surface area contributed by atoms with Crippen LogP contribution >= 0.6 is 24.8 Å². The molecule has 0 radical (unpaired) electrons. The summed E-state index contributed by atoms with van der Waals surface area (Å²) < 4.78 is 10.9. The summed E-state index contributed by atoms with van der Waals surface area (Å²) in [6.45, 7) is 11.2. The Morgan fingerprint density at radius 1 is 1.35 bits per heavy atom. The van der Waals surface area contributed by atoms with Gasteiger partial charge in [-0.25, -0.2) is 0 Å². The maximum absolute atomic E-state index is 11.9. The number of methoxy groups -OCH3 is 1. The average molecular weight is 374 g/mol.